The minimum absolute atomic E-state index is 0.109. The lowest BCUT2D eigenvalue weighted by molar-refractivity contribution is 0.0470. The van der Waals surface area contributed by atoms with E-state index in [1.807, 2.05) is 55.5 Å². The Balaban J connectivity index is 1.64. The van der Waals surface area contributed by atoms with Crippen molar-refractivity contribution in [2.24, 2.45) is 0 Å². The van der Waals surface area contributed by atoms with E-state index in [0.29, 0.717) is 16.7 Å². The standard InChI is InChI=1S/C21H16O4/c1-13-15-9-5-6-10-16(15)19(22)20-18(13)17(12-24-20)21(23)25-11-14-7-3-2-4-8-14/h2-10,12-13H,11H2,1H3. The van der Waals surface area contributed by atoms with Gasteiger partial charge in [0.15, 0.2) is 5.76 Å². The molecule has 1 aliphatic rings. The van der Waals surface area contributed by atoms with E-state index >= 15 is 0 Å². The fourth-order valence-corrected chi connectivity index (χ4v) is 3.29. The van der Waals surface area contributed by atoms with E-state index in [1.54, 1.807) is 6.07 Å². The third-order valence-corrected chi connectivity index (χ3v) is 4.57. The van der Waals surface area contributed by atoms with Gasteiger partial charge in [-0.25, -0.2) is 4.79 Å². The van der Waals surface area contributed by atoms with E-state index in [-0.39, 0.29) is 24.1 Å². The van der Waals surface area contributed by atoms with Crippen LogP contribution in [-0.4, -0.2) is 11.8 Å². The van der Waals surface area contributed by atoms with Gasteiger partial charge in [-0.2, -0.15) is 0 Å². The number of benzene rings is 2. The molecule has 0 bridgehead atoms. The molecule has 124 valence electrons. The number of hydrogen-bond acceptors (Lipinski definition) is 4. The smallest absolute Gasteiger partial charge is 0.342 e. The minimum Gasteiger partial charge on any atom is -0.460 e. The topological polar surface area (TPSA) is 56.5 Å². The van der Waals surface area contributed by atoms with Crippen molar-refractivity contribution in [1.29, 1.82) is 0 Å². The lowest BCUT2D eigenvalue weighted by atomic mass is 9.80. The average Bonchev–Trinajstić information content (AvgIpc) is 3.11. The molecule has 1 aromatic heterocycles. The Morgan fingerprint density at radius 2 is 1.80 bits per heavy atom. The van der Waals surface area contributed by atoms with Crippen LogP contribution in [0.4, 0.5) is 0 Å². The van der Waals surface area contributed by atoms with E-state index in [1.165, 1.54) is 6.26 Å². The van der Waals surface area contributed by atoms with Crippen molar-refractivity contribution < 1.29 is 18.7 Å². The van der Waals surface area contributed by atoms with Crippen molar-refractivity contribution in [3.8, 4) is 0 Å². The van der Waals surface area contributed by atoms with Crippen LogP contribution < -0.4 is 0 Å². The Morgan fingerprint density at radius 1 is 1.08 bits per heavy atom. The zero-order valence-corrected chi connectivity index (χ0v) is 13.7. The molecular weight excluding hydrogens is 316 g/mol. The van der Waals surface area contributed by atoms with Gasteiger partial charge >= 0.3 is 5.97 Å². The first-order valence-electron chi connectivity index (χ1n) is 8.13. The van der Waals surface area contributed by atoms with Gasteiger partial charge in [-0.1, -0.05) is 61.5 Å². The summed E-state index contributed by atoms with van der Waals surface area (Å²) >= 11 is 0. The highest BCUT2D eigenvalue weighted by molar-refractivity contribution is 6.12. The molecule has 0 saturated carbocycles. The summed E-state index contributed by atoms with van der Waals surface area (Å²) < 4.78 is 10.8. The normalized spacial score (nSPS) is 15.4. The Labute approximate surface area is 145 Å². The number of rotatable bonds is 3. The van der Waals surface area contributed by atoms with Crippen LogP contribution in [0.5, 0.6) is 0 Å². The van der Waals surface area contributed by atoms with Gasteiger partial charge in [0, 0.05) is 17.0 Å². The van der Waals surface area contributed by atoms with E-state index in [9.17, 15) is 9.59 Å². The summed E-state index contributed by atoms with van der Waals surface area (Å²) in [7, 11) is 0. The molecule has 0 aliphatic heterocycles. The highest BCUT2D eigenvalue weighted by Crippen LogP contribution is 2.39. The van der Waals surface area contributed by atoms with Crippen LogP contribution in [0.1, 0.15) is 56.0 Å². The second-order valence-corrected chi connectivity index (χ2v) is 6.09. The number of ketones is 1. The van der Waals surface area contributed by atoms with Crippen LogP contribution in [0, 0.1) is 0 Å². The lowest BCUT2D eigenvalue weighted by Crippen LogP contribution is -2.19. The summed E-state index contributed by atoms with van der Waals surface area (Å²) in [5, 5.41) is 0. The SMILES string of the molecule is CC1c2ccccc2C(=O)c2occ(C(=O)OCc3ccccc3)c21. The molecule has 1 unspecified atom stereocenters. The van der Waals surface area contributed by atoms with E-state index < -0.39 is 5.97 Å². The van der Waals surface area contributed by atoms with Gasteiger partial charge in [0.25, 0.3) is 0 Å². The molecule has 4 heteroatoms. The van der Waals surface area contributed by atoms with Gasteiger partial charge < -0.3 is 9.15 Å². The maximum Gasteiger partial charge on any atom is 0.342 e. The molecule has 1 aliphatic carbocycles. The molecule has 2 aromatic carbocycles. The molecule has 1 atom stereocenters. The molecule has 1 heterocycles. The highest BCUT2D eigenvalue weighted by Gasteiger charge is 2.35. The number of carbonyl (C=O) groups excluding carboxylic acids is 2. The maximum absolute atomic E-state index is 12.6. The van der Waals surface area contributed by atoms with E-state index in [2.05, 4.69) is 0 Å². The molecule has 0 fully saturated rings. The summed E-state index contributed by atoms with van der Waals surface area (Å²) in [6.45, 7) is 2.14. The molecule has 25 heavy (non-hydrogen) atoms. The molecule has 0 N–H and O–H groups in total. The van der Waals surface area contributed by atoms with Crippen LogP contribution in [0.25, 0.3) is 0 Å². The molecule has 0 spiro atoms. The van der Waals surface area contributed by atoms with Crippen LogP contribution >= 0.6 is 0 Å². The fourth-order valence-electron chi connectivity index (χ4n) is 3.29. The Kier molecular flexibility index (Phi) is 3.73. The van der Waals surface area contributed by atoms with Gasteiger partial charge in [-0.05, 0) is 11.1 Å². The average molecular weight is 332 g/mol. The first-order valence-corrected chi connectivity index (χ1v) is 8.13. The minimum atomic E-state index is -0.479. The van der Waals surface area contributed by atoms with Gasteiger partial charge in [-0.3, -0.25) is 4.79 Å². The van der Waals surface area contributed by atoms with Crippen LogP contribution in [0.2, 0.25) is 0 Å². The second kappa shape index (κ2) is 6.06. The van der Waals surface area contributed by atoms with Gasteiger partial charge in [-0.15, -0.1) is 0 Å². The van der Waals surface area contributed by atoms with E-state index in [4.69, 9.17) is 9.15 Å². The highest BCUT2D eigenvalue weighted by atomic mass is 16.5. The first kappa shape index (κ1) is 15.4. The molecule has 3 aromatic rings. The third kappa shape index (κ3) is 2.56. The number of fused-ring (bicyclic) bond motifs is 2. The van der Waals surface area contributed by atoms with E-state index in [0.717, 1.165) is 11.1 Å². The Hall–Kier alpha value is -3.14. The molecule has 0 saturated heterocycles. The number of carbonyl (C=O) groups is 2. The van der Waals surface area contributed by atoms with Crippen LogP contribution in [-0.2, 0) is 11.3 Å². The van der Waals surface area contributed by atoms with Crippen LogP contribution in [0.3, 0.4) is 0 Å². The summed E-state index contributed by atoms with van der Waals surface area (Å²) in [6, 6.07) is 16.9. The van der Waals surface area contributed by atoms with Crippen molar-refractivity contribution in [2.45, 2.75) is 19.4 Å². The van der Waals surface area contributed by atoms with Crippen molar-refractivity contribution in [3.63, 3.8) is 0 Å². The summed E-state index contributed by atoms with van der Waals surface area (Å²) in [5.74, 6) is -0.543. The van der Waals surface area contributed by atoms with Gasteiger partial charge in [0.2, 0.25) is 5.78 Å². The summed E-state index contributed by atoms with van der Waals surface area (Å²) in [4.78, 5) is 25.1. The monoisotopic (exact) mass is 332 g/mol. The van der Waals surface area contributed by atoms with Crippen molar-refractivity contribution in [1.82, 2.24) is 0 Å². The van der Waals surface area contributed by atoms with Crippen LogP contribution in [0.15, 0.2) is 65.3 Å². The third-order valence-electron chi connectivity index (χ3n) is 4.57. The van der Waals surface area contributed by atoms with Crippen molar-refractivity contribution in [3.05, 3.63) is 94.4 Å². The van der Waals surface area contributed by atoms with Gasteiger partial charge in [0.1, 0.15) is 18.4 Å². The number of ether oxygens (including phenoxy) is 1. The zero-order valence-electron chi connectivity index (χ0n) is 13.7. The van der Waals surface area contributed by atoms with Crippen molar-refractivity contribution in [2.75, 3.05) is 0 Å². The largest absolute Gasteiger partial charge is 0.460 e. The quantitative estimate of drug-likeness (QED) is 0.670. The maximum atomic E-state index is 12.6. The predicted octanol–water partition coefficient (Wildman–Crippen LogP) is 4.33. The zero-order chi connectivity index (χ0) is 17.4. The van der Waals surface area contributed by atoms with Crippen molar-refractivity contribution >= 4 is 11.8 Å². The number of furan rings is 1. The number of esters is 1. The first-order chi connectivity index (χ1) is 12.2. The summed E-state index contributed by atoms with van der Waals surface area (Å²) in [6.07, 6.45) is 1.33. The second-order valence-electron chi connectivity index (χ2n) is 6.09. The Morgan fingerprint density at radius 3 is 2.60 bits per heavy atom. The molecule has 4 nitrogen and oxygen atoms in total. The number of hydrogen-bond donors (Lipinski definition) is 0. The van der Waals surface area contributed by atoms with Gasteiger partial charge in [0.05, 0.1) is 0 Å². The fraction of sp³-hybridized carbons (Fsp3) is 0.143. The molecular formula is C21H16O4. The lowest BCUT2D eigenvalue weighted by Gasteiger charge is -2.21. The molecule has 0 radical (unpaired) electrons. The molecule has 4 rings (SSSR count). The predicted molar refractivity (Wildman–Crippen MR) is 91.7 cm³/mol. The summed E-state index contributed by atoms with van der Waals surface area (Å²) in [5.41, 5.74) is 3.37. The molecule has 0 amide bonds. The Bertz CT molecular complexity index is 953.